The summed E-state index contributed by atoms with van der Waals surface area (Å²) in [7, 11) is 3.15. The van der Waals surface area contributed by atoms with Gasteiger partial charge < -0.3 is 31.5 Å². The molecule has 216 valence electrons. The minimum Gasteiger partial charge on any atom is -0.510 e. The van der Waals surface area contributed by atoms with E-state index in [1.54, 1.807) is 33.2 Å². The van der Waals surface area contributed by atoms with Gasteiger partial charge in [0.25, 0.3) is 5.91 Å². The van der Waals surface area contributed by atoms with Gasteiger partial charge in [-0.05, 0) is 58.3 Å². The fraction of sp³-hybridized carbons (Fsp3) is 0.517. The number of likely N-dealkylation sites (N-methyl/N-ethyl adjacent to an activating group) is 1. The molecule has 1 fully saturated rings. The molecule has 3 aliphatic carbocycles. The zero-order chi connectivity index (χ0) is 30.0. The standard InChI is InChI=1S/C29H37N3O8/c1-11-13-9-7-12(8-10-14(33)31-29(2,3)4)22(34)16(13)24(36)18-15(11)23(35)17-19(25(18)37)26(38)20(28(30)40)27(39)21(17)32(5)6/h7,9,11,15,17,19,21,23,34-36,39H,8,10H2,1-6H3,(H2,30,40)(H,31,33)/t11-,15?,17?,19?,21-,23?/m0/s1. The van der Waals surface area contributed by atoms with Gasteiger partial charge in [0.15, 0.2) is 11.6 Å². The third kappa shape index (κ3) is 4.56. The number of aliphatic hydroxyl groups excluding tert-OH is 3. The Hall–Kier alpha value is -3.70. The molecule has 40 heavy (non-hydrogen) atoms. The summed E-state index contributed by atoms with van der Waals surface area (Å²) in [6, 6.07) is 2.27. The van der Waals surface area contributed by atoms with Crippen LogP contribution in [0.3, 0.4) is 0 Å². The Labute approximate surface area is 232 Å². The van der Waals surface area contributed by atoms with E-state index >= 15 is 0 Å². The molecule has 6 atom stereocenters. The van der Waals surface area contributed by atoms with Crippen LogP contribution in [0.2, 0.25) is 0 Å². The van der Waals surface area contributed by atoms with Gasteiger partial charge in [-0.25, -0.2) is 0 Å². The van der Waals surface area contributed by atoms with Gasteiger partial charge in [-0.3, -0.25) is 24.1 Å². The average Bonchev–Trinajstić information content (AvgIpc) is 2.81. The predicted octanol–water partition coefficient (Wildman–Crippen LogP) is 1.23. The predicted molar refractivity (Wildman–Crippen MR) is 145 cm³/mol. The Morgan fingerprint density at radius 1 is 1.07 bits per heavy atom. The van der Waals surface area contributed by atoms with Crippen molar-refractivity contribution in [2.75, 3.05) is 14.1 Å². The third-order valence-electron chi connectivity index (χ3n) is 8.21. The first-order chi connectivity index (χ1) is 18.5. The molecule has 11 heteroatoms. The number of nitrogens with two attached hydrogens (primary N) is 1. The van der Waals surface area contributed by atoms with Crippen molar-refractivity contribution in [2.45, 2.75) is 64.1 Å². The quantitative estimate of drug-likeness (QED) is 0.229. The van der Waals surface area contributed by atoms with Gasteiger partial charge in [0, 0.05) is 29.4 Å². The lowest BCUT2D eigenvalue weighted by Gasteiger charge is -2.50. The van der Waals surface area contributed by atoms with E-state index in [9.17, 15) is 39.6 Å². The van der Waals surface area contributed by atoms with Crippen LogP contribution in [0.25, 0.3) is 5.76 Å². The number of carbonyl (C=O) groups excluding carboxylic acids is 4. The van der Waals surface area contributed by atoms with E-state index in [4.69, 9.17) is 5.73 Å². The fourth-order valence-electron chi connectivity index (χ4n) is 6.58. The molecular formula is C29H37N3O8. The first kappa shape index (κ1) is 29.3. The van der Waals surface area contributed by atoms with Crippen LogP contribution >= 0.6 is 0 Å². The summed E-state index contributed by atoms with van der Waals surface area (Å²) in [5.41, 5.74) is 4.90. The zero-order valence-corrected chi connectivity index (χ0v) is 23.5. The number of benzene rings is 1. The molecule has 3 aliphatic rings. The summed E-state index contributed by atoms with van der Waals surface area (Å²) >= 11 is 0. The van der Waals surface area contributed by atoms with Gasteiger partial charge in [0.1, 0.15) is 22.8 Å². The summed E-state index contributed by atoms with van der Waals surface area (Å²) in [6.45, 7) is 7.29. The number of nitrogens with zero attached hydrogens (tertiary/aromatic N) is 1. The Morgan fingerprint density at radius 3 is 2.25 bits per heavy atom. The van der Waals surface area contributed by atoms with Gasteiger partial charge >= 0.3 is 0 Å². The summed E-state index contributed by atoms with van der Waals surface area (Å²) < 4.78 is 0. The second-order valence-electron chi connectivity index (χ2n) is 12.2. The van der Waals surface area contributed by atoms with E-state index in [0.717, 1.165) is 0 Å². The molecule has 1 aromatic rings. The Morgan fingerprint density at radius 2 is 1.70 bits per heavy atom. The van der Waals surface area contributed by atoms with Gasteiger partial charge in [0.05, 0.1) is 23.6 Å². The SMILES string of the molecule is C[C@H]1c2ccc(CCC(=O)NC(C)(C)C)c(O)c2C(O)=C2C(=O)C3C(=O)C(C(N)=O)=C(O)[C@@H](N(C)C)C3C(O)C21. The third-order valence-corrected chi connectivity index (χ3v) is 8.21. The number of rotatable bonds is 5. The number of fused-ring (bicyclic) bond motifs is 3. The number of phenols is 1. The van der Waals surface area contributed by atoms with Crippen molar-refractivity contribution in [3.8, 4) is 5.75 Å². The molecule has 2 amide bonds. The van der Waals surface area contributed by atoms with Crippen molar-refractivity contribution >= 4 is 29.1 Å². The maximum atomic E-state index is 13.9. The second-order valence-corrected chi connectivity index (χ2v) is 12.2. The van der Waals surface area contributed by atoms with E-state index in [0.29, 0.717) is 11.1 Å². The number of hydrogen-bond donors (Lipinski definition) is 6. The number of aliphatic hydroxyl groups is 3. The van der Waals surface area contributed by atoms with Crippen LogP contribution in [-0.4, -0.2) is 80.5 Å². The summed E-state index contributed by atoms with van der Waals surface area (Å²) in [4.78, 5) is 53.2. The number of phenolic OH excluding ortho intramolecular Hbond substituents is 1. The van der Waals surface area contributed by atoms with Crippen molar-refractivity contribution in [2.24, 2.45) is 23.5 Å². The highest BCUT2D eigenvalue weighted by Crippen LogP contribution is 2.54. The van der Waals surface area contributed by atoms with E-state index in [2.05, 4.69) is 5.32 Å². The molecule has 0 radical (unpaired) electrons. The van der Waals surface area contributed by atoms with E-state index in [1.807, 2.05) is 20.8 Å². The van der Waals surface area contributed by atoms with Crippen molar-refractivity contribution in [3.05, 3.63) is 45.7 Å². The number of amides is 2. The minimum absolute atomic E-state index is 0.00686. The van der Waals surface area contributed by atoms with Crippen molar-refractivity contribution in [1.29, 1.82) is 0 Å². The number of ketones is 2. The van der Waals surface area contributed by atoms with Gasteiger partial charge in [-0.2, -0.15) is 0 Å². The highest BCUT2D eigenvalue weighted by atomic mass is 16.3. The number of aryl methyl sites for hydroxylation is 1. The Balaban J connectivity index is 1.81. The van der Waals surface area contributed by atoms with Crippen LogP contribution < -0.4 is 11.1 Å². The van der Waals surface area contributed by atoms with Crippen LogP contribution in [0, 0.1) is 17.8 Å². The van der Waals surface area contributed by atoms with Gasteiger partial charge in [0.2, 0.25) is 5.91 Å². The molecule has 0 heterocycles. The normalized spacial score (nSPS) is 28.3. The number of nitrogens with one attached hydrogen (secondary N) is 1. The van der Waals surface area contributed by atoms with Crippen LogP contribution in [0.4, 0.5) is 0 Å². The Kier molecular flexibility index (Phi) is 7.35. The maximum Gasteiger partial charge on any atom is 0.255 e. The molecule has 0 saturated heterocycles. The van der Waals surface area contributed by atoms with Crippen molar-refractivity contribution in [3.63, 3.8) is 0 Å². The minimum atomic E-state index is -1.57. The van der Waals surface area contributed by atoms with Gasteiger partial charge in [-0.15, -0.1) is 0 Å². The van der Waals surface area contributed by atoms with Crippen LogP contribution in [0.1, 0.15) is 56.7 Å². The molecular weight excluding hydrogens is 518 g/mol. The lowest BCUT2D eigenvalue weighted by Crippen LogP contribution is -2.61. The van der Waals surface area contributed by atoms with Gasteiger partial charge in [-0.1, -0.05) is 19.1 Å². The largest absolute Gasteiger partial charge is 0.510 e. The van der Waals surface area contributed by atoms with Crippen LogP contribution in [0.15, 0.2) is 29.0 Å². The number of carbonyl (C=O) groups is 4. The zero-order valence-electron chi connectivity index (χ0n) is 23.5. The molecule has 0 aliphatic heterocycles. The highest BCUT2D eigenvalue weighted by Gasteiger charge is 2.60. The molecule has 0 bridgehead atoms. The van der Waals surface area contributed by atoms with Crippen molar-refractivity contribution < 1.29 is 39.6 Å². The van der Waals surface area contributed by atoms with E-state index in [1.165, 1.54) is 4.90 Å². The first-order valence-electron chi connectivity index (χ1n) is 13.2. The first-order valence-corrected chi connectivity index (χ1v) is 13.2. The van der Waals surface area contributed by atoms with E-state index in [-0.39, 0.29) is 35.6 Å². The summed E-state index contributed by atoms with van der Waals surface area (Å²) in [6.07, 6.45) is -1.14. The molecule has 1 aromatic carbocycles. The lowest BCUT2D eigenvalue weighted by atomic mass is 9.56. The molecule has 0 spiro atoms. The molecule has 1 saturated carbocycles. The molecule has 11 nitrogen and oxygen atoms in total. The Bertz CT molecular complexity index is 1370. The number of hydrogen-bond acceptors (Lipinski definition) is 9. The summed E-state index contributed by atoms with van der Waals surface area (Å²) in [5.74, 6) is -8.91. The maximum absolute atomic E-state index is 13.9. The van der Waals surface area contributed by atoms with Crippen LogP contribution in [0.5, 0.6) is 5.75 Å². The lowest BCUT2D eigenvalue weighted by molar-refractivity contribution is -0.144. The number of Topliss-reactive ketones (excluding diaryl/α,β-unsaturated/α-hetero) is 2. The summed E-state index contributed by atoms with van der Waals surface area (Å²) in [5, 5.41) is 47.9. The average molecular weight is 556 g/mol. The molecule has 7 N–H and O–H groups in total. The smallest absolute Gasteiger partial charge is 0.255 e. The number of primary amides is 1. The second kappa shape index (κ2) is 10.0. The monoisotopic (exact) mass is 555 g/mol. The molecule has 4 unspecified atom stereocenters. The molecule has 4 rings (SSSR count). The number of aromatic hydroxyl groups is 1. The molecule has 0 aromatic heterocycles. The van der Waals surface area contributed by atoms with Crippen molar-refractivity contribution in [1.82, 2.24) is 10.2 Å². The fourth-order valence-corrected chi connectivity index (χ4v) is 6.58. The van der Waals surface area contributed by atoms with E-state index < -0.39 is 75.9 Å². The highest BCUT2D eigenvalue weighted by molar-refractivity contribution is 6.28. The topological polar surface area (TPSA) is 190 Å². The van der Waals surface area contributed by atoms with Crippen LogP contribution in [-0.2, 0) is 25.6 Å².